The van der Waals surface area contributed by atoms with E-state index < -0.39 is 78.7 Å². The monoisotopic (exact) mass is 833 g/mol. The fourth-order valence-corrected chi connectivity index (χ4v) is 13.2. The van der Waals surface area contributed by atoms with Crippen LogP contribution in [0.2, 0.25) is 0 Å². The molecule has 6 rings (SSSR count). The van der Waals surface area contributed by atoms with Gasteiger partial charge in [-0.3, -0.25) is 28.8 Å². The highest BCUT2D eigenvalue weighted by molar-refractivity contribution is 6.33. The summed E-state index contributed by atoms with van der Waals surface area (Å²) in [6.07, 6.45) is 5.46. The van der Waals surface area contributed by atoms with Crippen molar-refractivity contribution in [1.29, 1.82) is 0 Å². The third kappa shape index (κ3) is 6.37. The molecule has 2 unspecified atom stereocenters. The molecule has 2 spiro atoms. The molecule has 4 saturated carbocycles. The van der Waals surface area contributed by atoms with E-state index in [1.54, 1.807) is 55.4 Å². The molecule has 0 aliphatic heterocycles. The van der Waals surface area contributed by atoms with Gasteiger partial charge in [0.15, 0.2) is 34.7 Å². The number of rotatable bonds is 10. The molecule has 0 saturated heterocycles. The van der Waals surface area contributed by atoms with Crippen molar-refractivity contribution in [2.45, 2.75) is 161 Å². The summed E-state index contributed by atoms with van der Waals surface area (Å²) in [5, 5.41) is 44.3. The number of aliphatic hydroxyl groups excluding tert-OH is 2. The number of hydrogen-bond donors (Lipinski definition) is 4. The summed E-state index contributed by atoms with van der Waals surface area (Å²) >= 11 is 0. The second-order valence-electron chi connectivity index (χ2n) is 22.9. The third-order valence-electron chi connectivity index (χ3n) is 16.2. The van der Waals surface area contributed by atoms with E-state index in [0.29, 0.717) is 12.8 Å². The molecule has 332 valence electrons. The van der Waals surface area contributed by atoms with Crippen molar-refractivity contribution in [3.05, 3.63) is 46.0 Å². The van der Waals surface area contributed by atoms with Gasteiger partial charge in [-0.15, -0.1) is 0 Å². The van der Waals surface area contributed by atoms with E-state index in [1.807, 2.05) is 67.5 Å². The van der Waals surface area contributed by atoms with Crippen molar-refractivity contribution in [3.63, 3.8) is 0 Å². The Morgan fingerprint density at radius 3 is 1.12 bits per heavy atom. The largest absolute Gasteiger partial charge is 0.510 e. The zero-order valence-electron chi connectivity index (χ0n) is 39.1. The molecule has 10 nitrogen and oxygen atoms in total. The first-order valence-corrected chi connectivity index (χ1v) is 22.0. The summed E-state index contributed by atoms with van der Waals surface area (Å²) in [5.74, 6) is -5.22. The van der Waals surface area contributed by atoms with Crippen LogP contribution in [0.4, 0.5) is 0 Å². The molecule has 8 atom stereocenters. The summed E-state index contributed by atoms with van der Waals surface area (Å²) in [4.78, 5) is 81.8. The van der Waals surface area contributed by atoms with Gasteiger partial charge < -0.3 is 20.4 Å². The molecular formula is C50H72O10. The zero-order chi connectivity index (χ0) is 46.0. The quantitative estimate of drug-likeness (QED) is 0.0944. The Hall–Kier alpha value is -3.50. The molecule has 10 heteroatoms. The average molecular weight is 833 g/mol. The molecule has 0 heterocycles. The predicted molar refractivity (Wildman–Crippen MR) is 229 cm³/mol. The maximum Gasteiger partial charge on any atom is 0.183 e. The number of allylic oxidation sites excluding steroid dienone is 8. The van der Waals surface area contributed by atoms with E-state index in [4.69, 9.17) is 0 Å². The molecule has 4 N–H and O–H groups in total. The van der Waals surface area contributed by atoms with Crippen LogP contribution in [0.5, 0.6) is 0 Å². The number of fused-ring (bicyclic) bond motifs is 2. The Morgan fingerprint density at radius 1 is 0.600 bits per heavy atom. The summed E-state index contributed by atoms with van der Waals surface area (Å²) in [5.41, 5.74) is -6.67. The van der Waals surface area contributed by atoms with Crippen molar-refractivity contribution in [1.82, 2.24) is 0 Å². The number of hydrogen-bond acceptors (Lipinski definition) is 10. The number of carbonyl (C=O) groups is 6. The molecule has 0 radical (unpaired) electrons. The van der Waals surface area contributed by atoms with E-state index >= 15 is 0 Å². The van der Waals surface area contributed by atoms with Crippen LogP contribution >= 0.6 is 0 Å². The van der Waals surface area contributed by atoms with Crippen LogP contribution in [0.1, 0.15) is 149 Å². The third-order valence-corrected chi connectivity index (χ3v) is 16.2. The lowest BCUT2D eigenvalue weighted by Gasteiger charge is -2.41. The van der Waals surface area contributed by atoms with Crippen molar-refractivity contribution in [3.8, 4) is 0 Å². The first-order chi connectivity index (χ1) is 27.1. The van der Waals surface area contributed by atoms with Gasteiger partial charge in [-0.1, -0.05) is 78.7 Å². The summed E-state index contributed by atoms with van der Waals surface area (Å²) < 4.78 is 0. The first-order valence-electron chi connectivity index (χ1n) is 22.0. The zero-order valence-corrected chi connectivity index (χ0v) is 39.1. The van der Waals surface area contributed by atoms with Crippen LogP contribution in [0.25, 0.3) is 0 Å². The highest BCUT2D eigenvalue weighted by Gasteiger charge is 2.80. The molecule has 6 aliphatic carbocycles. The Bertz CT molecular complexity index is 1900. The number of Topliss-reactive ketones (excluding diaryl/α,β-unsaturated/α-hetero) is 6. The number of carbonyl (C=O) groups excluding carboxylic acids is 6. The molecule has 0 amide bonds. The minimum absolute atomic E-state index is 0.179. The standard InChI is InChI=1S/2C25H36O5/c2*1-13(2)9-10-24-11-16-22(5,6)15(23(7,8)30)12-25(16,21(24)29)20(28)17(19(24)27)18(26)14(3)4/h2*9,14-16,27,30H,10-12H2,1-8H3/t2*15-,16-,24?,25+/m10/s1. The van der Waals surface area contributed by atoms with Crippen LogP contribution < -0.4 is 0 Å². The van der Waals surface area contributed by atoms with Crippen molar-refractivity contribution in [2.24, 2.45) is 68.0 Å². The van der Waals surface area contributed by atoms with Gasteiger partial charge in [0.25, 0.3) is 0 Å². The molecule has 4 fully saturated rings. The molecule has 0 aromatic carbocycles. The molecule has 60 heavy (non-hydrogen) atoms. The second-order valence-corrected chi connectivity index (χ2v) is 22.9. The Balaban J connectivity index is 0.000000228. The van der Waals surface area contributed by atoms with Gasteiger partial charge in [0.05, 0.1) is 32.9 Å². The maximum atomic E-state index is 14.0. The van der Waals surface area contributed by atoms with Gasteiger partial charge in [0.1, 0.15) is 22.7 Å². The van der Waals surface area contributed by atoms with Crippen LogP contribution in [0.15, 0.2) is 46.0 Å². The van der Waals surface area contributed by atoms with Crippen LogP contribution in [-0.2, 0) is 28.8 Å². The fourth-order valence-electron chi connectivity index (χ4n) is 13.2. The highest BCUT2D eigenvalue weighted by Crippen LogP contribution is 2.75. The Kier molecular flexibility index (Phi) is 11.5. The lowest BCUT2D eigenvalue weighted by Crippen LogP contribution is -2.50. The number of aliphatic hydroxyl groups is 4. The normalized spacial score (nSPS) is 35.1. The minimum Gasteiger partial charge on any atom is -0.510 e. The summed E-state index contributed by atoms with van der Waals surface area (Å²) in [6, 6.07) is 0. The van der Waals surface area contributed by atoms with Gasteiger partial charge in [-0.05, 0) is 128 Å². The second kappa shape index (κ2) is 14.5. The lowest BCUT2D eigenvalue weighted by molar-refractivity contribution is -0.147. The topological polar surface area (TPSA) is 183 Å². The van der Waals surface area contributed by atoms with Crippen LogP contribution in [0, 0.1) is 68.0 Å². The average Bonchev–Trinajstić information content (AvgIpc) is 3.67. The minimum atomic E-state index is -1.35. The van der Waals surface area contributed by atoms with E-state index in [-0.39, 0.29) is 83.6 Å². The van der Waals surface area contributed by atoms with Gasteiger partial charge in [0.2, 0.25) is 0 Å². The molecule has 6 aliphatic rings. The molecular weight excluding hydrogens is 761 g/mol. The van der Waals surface area contributed by atoms with Gasteiger partial charge in [-0.2, -0.15) is 0 Å². The SMILES string of the molecule is CC(C)=CCC12C[C@@H]3C(C)(C)[C@H](C(C)(C)O)C[C@]3(C(=O)C(C(=O)C(C)C)=C1O)C2=O.CC(C)=CCC12C[C@H]3C(C)(C)[C@@H](C(C)(C)O)C[C@@]3(C(=O)C(C(=O)C(C)C)=C1O)C2=O. The molecule has 0 aromatic rings. The molecule has 4 bridgehead atoms. The summed E-state index contributed by atoms with van der Waals surface area (Å²) in [7, 11) is 0. The van der Waals surface area contributed by atoms with Crippen LogP contribution in [-0.4, -0.2) is 66.3 Å². The van der Waals surface area contributed by atoms with E-state index in [9.17, 15) is 49.2 Å². The van der Waals surface area contributed by atoms with Crippen molar-refractivity contribution >= 4 is 34.7 Å². The summed E-state index contributed by atoms with van der Waals surface area (Å²) in [6.45, 7) is 29.4. The maximum absolute atomic E-state index is 14.0. The van der Waals surface area contributed by atoms with Gasteiger partial charge in [-0.25, -0.2) is 0 Å². The van der Waals surface area contributed by atoms with Crippen molar-refractivity contribution < 1.29 is 49.2 Å². The van der Waals surface area contributed by atoms with Crippen LogP contribution in [0.3, 0.4) is 0 Å². The molecule has 0 aromatic heterocycles. The highest BCUT2D eigenvalue weighted by atomic mass is 16.3. The van der Waals surface area contributed by atoms with E-state index in [2.05, 4.69) is 0 Å². The Morgan fingerprint density at radius 2 is 0.883 bits per heavy atom. The van der Waals surface area contributed by atoms with E-state index in [1.165, 1.54) is 0 Å². The van der Waals surface area contributed by atoms with Crippen molar-refractivity contribution in [2.75, 3.05) is 0 Å². The Labute approximate surface area is 357 Å². The number of ketones is 6. The van der Waals surface area contributed by atoms with Gasteiger partial charge >= 0.3 is 0 Å². The lowest BCUT2D eigenvalue weighted by atomic mass is 9.62. The smallest absolute Gasteiger partial charge is 0.183 e. The predicted octanol–water partition coefficient (Wildman–Crippen LogP) is 8.68. The van der Waals surface area contributed by atoms with E-state index in [0.717, 1.165) is 11.1 Å². The first kappa shape index (κ1) is 47.5. The fraction of sp³-hybridized carbons (Fsp3) is 0.720. The van der Waals surface area contributed by atoms with Gasteiger partial charge in [0, 0.05) is 11.8 Å².